The summed E-state index contributed by atoms with van der Waals surface area (Å²) in [6.45, 7) is 1.96. The fraction of sp³-hybridized carbons (Fsp3) is 0.300. The molecule has 1 aliphatic rings. The Hall–Kier alpha value is -2.82. The van der Waals surface area contributed by atoms with Crippen molar-refractivity contribution in [3.63, 3.8) is 0 Å². The molecule has 2 aromatic rings. The average molecular weight is 340 g/mol. The largest absolute Gasteiger partial charge is 0.497 e. The molecule has 0 saturated heterocycles. The first kappa shape index (κ1) is 17.0. The maximum Gasteiger partial charge on any atom is 0.317 e. The molecule has 1 aliphatic carbocycles. The lowest BCUT2D eigenvalue weighted by Crippen LogP contribution is -2.33. The van der Waals surface area contributed by atoms with Gasteiger partial charge in [-0.1, -0.05) is 12.1 Å². The minimum Gasteiger partial charge on any atom is -0.497 e. The zero-order valence-electron chi connectivity index (χ0n) is 14.2. The molecule has 3 rings (SSSR count). The number of carbonyl (C=O) groups excluding carboxylic acids is 2. The van der Waals surface area contributed by atoms with Crippen LogP contribution in [0.5, 0.6) is 5.75 Å². The quantitative estimate of drug-likeness (QED) is 0.614. The number of ketones is 1. The van der Waals surface area contributed by atoms with E-state index in [1.165, 1.54) is 6.08 Å². The van der Waals surface area contributed by atoms with E-state index in [4.69, 9.17) is 13.9 Å². The molecule has 0 unspecified atom stereocenters. The van der Waals surface area contributed by atoms with Gasteiger partial charge in [-0.3, -0.25) is 9.59 Å². The van der Waals surface area contributed by atoms with Crippen molar-refractivity contribution in [3.05, 3.63) is 60.1 Å². The van der Waals surface area contributed by atoms with Crippen molar-refractivity contribution in [1.29, 1.82) is 0 Å². The third kappa shape index (κ3) is 3.50. The predicted octanol–water partition coefficient (Wildman–Crippen LogP) is 3.61. The molecule has 2 atom stereocenters. The van der Waals surface area contributed by atoms with Gasteiger partial charge in [0.2, 0.25) is 0 Å². The van der Waals surface area contributed by atoms with Crippen LogP contribution in [0.4, 0.5) is 0 Å². The van der Waals surface area contributed by atoms with Crippen molar-refractivity contribution in [1.82, 2.24) is 0 Å². The van der Waals surface area contributed by atoms with Crippen LogP contribution in [0.2, 0.25) is 0 Å². The van der Waals surface area contributed by atoms with Gasteiger partial charge in [-0.05, 0) is 54.8 Å². The Morgan fingerprint density at radius 1 is 1.28 bits per heavy atom. The zero-order chi connectivity index (χ0) is 17.8. The van der Waals surface area contributed by atoms with Gasteiger partial charge in [0, 0.05) is 5.92 Å². The second-order valence-corrected chi connectivity index (χ2v) is 5.86. The molecule has 0 fully saturated rings. The summed E-state index contributed by atoms with van der Waals surface area (Å²) in [5.74, 6) is -0.695. The minimum absolute atomic E-state index is 0.236. The highest BCUT2D eigenvalue weighted by atomic mass is 16.5. The first-order chi connectivity index (χ1) is 12.1. The van der Waals surface area contributed by atoms with E-state index in [0.29, 0.717) is 17.9 Å². The van der Waals surface area contributed by atoms with Crippen LogP contribution in [0.15, 0.2) is 53.2 Å². The summed E-state index contributed by atoms with van der Waals surface area (Å²) in [6, 6.07) is 11.1. The molecule has 0 spiro atoms. The molecule has 1 aromatic carbocycles. The highest BCUT2D eigenvalue weighted by Crippen LogP contribution is 2.40. The van der Waals surface area contributed by atoms with Gasteiger partial charge < -0.3 is 13.9 Å². The summed E-state index contributed by atoms with van der Waals surface area (Å²) in [7, 11) is 1.60. The van der Waals surface area contributed by atoms with Crippen molar-refractivity contribution in [2.45, 2.75) is 19.3 Å². The predicted molar refractivity (Wildman–Crippen MR) is 92.2 cm³/mol. The smallest absolute Gasteiger partial charge is 0.317 e. The lowest BCUT2D eigenvalue weighted by Gasteiger charge is -2.27. The second kappa shape index (κ2) is 7.38. The lowest BCUT2D eigenvalue weighted by atomic mass is 9.76. The second-order valence-electron chi connectivity index (χ2n) is 5.86. The number of allylic oxidation sites excluding steroid dienone is 2. The Morgan fingerprint density at radius 3 is 2.80 bits per heavy atom. The first-order valence-electron chi connectivity index (χ1n) is 8.23. The van der Waals surface area contributed by atoms with Crippen LogP contribution in [0.1, 0.15) is 30.6 Å². The molecule has 0 saturated carbocycles. The van der Waals surface area contributed by atoms with E-state index in [2.05, 4.69) is 0 Å². The van der Waals surface area contributed by atoms with Crippen LogP contribution >= 0.6 is 0 Å². The number of methoxy groups -OCH3 is 1. The molecule has 0 amide bonds. The average Bonchev–Trinajstić information content (AvgIpc) is 3.15. The summed E-state index contributed by atoms with van der Waals surface area (Å²) in [5.41, 5.74) is 1.75. The number of carbonyl (C=O) groups is 2. The van der Waals surface area contributed by atoms with E-state index < -0.39 is 11.9 Å². The van der Waals surface area contributed by atoms with Crippen LogP contribution in [-0.4, -0.2) is 25.5 Å². The number of furan rings is 1. The van der Waals surface area contributed by atoms with Gasteiger partial charge in [-0.2, -0.15) is 0 Å². The van der Waals surface area contributed by atoms with Crippen LogP contribution in [0, 0.1) is 5.92 Å². The van der Waals surface area contributed by atoms with Crippen LogP contribution in [0.25, 0.3) is 5.57 Å². The Morgan fingerprint density at radius 2 is 2.12 bits per heavy atom. The monoisotopic (exact) mass is 340 g/mol. The molecule has 0 aliphatic heterocycles. The number of ether oxygens (including phenoxy) is 2. The summed E-state index contributed by atoms with van der Waals surface area (Å²) in [5, 5.41) is 0. The summed E-state index contributed by atoms with van der Waals surface area (Å²) in [6.07, 6.45) is 3.59. The molecular formula is C20H20O5. The number of rotatable bonds is 5. The van der Waals surface area contributed by atoms with Gasteiger partial charge in [0.05, 0.1) is 20.0 Å². The molecule has 0 N–H and O–H groups in total. The fourth-order valence-electron chi connectivity index (χ4n) is 3.18. The molecule has 5 nitrogen and oxygen atoms in total. The Bertz CT molecular complexity index is 788. The van der Waals surface area contributed by atoms with Crippen LogP contribution < -0.4 is 4.74 Å². The molecule has 0 bridgehead atoms. The van der Waals surface area contributed by atoms with Crippen molar-refractivity contribution < 1.29 is 23.5 Å². The number of hydrogen-bond donors (Lipinski definition) is 0. The van der Waals surface area contributed by atoms with Crippen molar-refractivity contribution in [3.8, 4) is 5.75 Å². The Labute approximate surface area is 146 Å². The molecule has 1 heterocycles. The van der Waals surface area contributed by atoms with Gasteiger partial charge in [-0.25, -0.2) is 0 Å². The van der Waals surface area contributed by atoms with Gasteiger partial charge in [0.25, 0.3) is 0 Å². The third-order valence-corrected chi connectivity index (χ3v) is 4.35. The normalized spacial score (nSPS) is 20.1. The summed E-state index contributed by atoms with van der Waals surface area (Å²) >= 11 is 0. The van der Waals surface area contributed by atoms with Gasteiger partial charge in [0.1, 0.15) is 17.4 Å². The standard InChI is InChI=1S/C20H20O5/c1-3-24-20(22)19-16(18-8-5-9-25-18)11-14(12-17(19)21)13-6-4-7-15(10-13)23-2/h4-10,12,16,19H,3,11H2,1-2H3/t16-,19-/m1/s1. The Kier molecular flexibility index (Phi) is 5.03. The van der Waals surface area contributed by atoms with Crippen molar-refractivity contribution in [2.24, 2.45) is 5.92 Å². The van der Waals surface area contributed by atoms with E-state index in [1.54, 1.807) is 32.4 Å². The number of hydrogen-bond acceptors (Lipinski definition) is 5. The molecule has 0 radical (unpaired) electrons. The third-order valence-electron chi connectivity index (χ3n) is 4.35. The summed E-state index contributed by atoms with van der Waals surface area (Å²) < 4.78 is 15.9. The molecular weight excluding hydrogens is 320 g/mol. The van der Waals surface area contributed by atoms with Gasteiger partial charge in [-0.15, -0.1) is 0 Å². The maximum atomic E-state index is 12.7. The van der Waals surface area contributed by atoms with Crippen LogP contribution in [0.3, 0.4) is 0 Å². The fourth-order valence-corrected chi connectivity index (χ4v) is 3.18. The molecule has 1 aromatic heterocycles. The molecule has 5 heteroatoms. The first-order valence-corrected chi connectivity index (χ1v) is 8.23. The lowest BCUT2D eigenvalue weighted by molar-refractivity contribution is -0.151. The van der Waals surface area contributed by atoms with E-state index in [0.717, 1.165) is 11.1 Å². The number of benzene rings is 1. The number of esters is 1. The maximum absolute atomic E-state index is 12.7. The highest BCUT2D eigenvalue weighted by molar-refractivity contribution is 6.10. The van der Waals surface area contributed by atoms with Gasteiger partial charge in [0.15, 0.2) is 5.78 Å². The Balaban J connectivity index is 1.99. The van der Waals surface area contributed by atoms with Crippen molar-refractivity contribution >= 4 is 17.3 Å². The van der Waals surface area contributed by atoms with Gasteiger partial charge >= 0.3 is 5.97 Å². The highest BCUT2D eigenvalue weighted by Gasteiger charge is 2.41. The van der Waals surface area contributed by atoms with Crippen molar-refractivity contribution in [2.75, 3.05) is 13.7 Å². The zero-order valence-corrected chi connectivity index (χ0v) is 14.2. The molecule has 130 valence electrons. The molecule has 25 heavy (non-hydrogen) atoms. The minimum atomic E-state index is -0.875. The van der Waals surface area contributed by atoms with E-state index in [1.807, 2.05) is 24.3 Å². The topological polar surface area (TPSA) is 65.7 Å². The van der Waals surface area contributed by atoms with E-state index in [-0.39, 0.29) is 18.3 Å². The summed E-state index contributed by atoms with van der Waals surface area (Å²) in [4.78, 5) is 25.0. The van der Waals surface area contributed by atoms with E-state index >= 15 is 0 Å². The SMILES string of the molecule is CCOC(=O)[C@H]1C(=O)C=C(c2cccc(OC)c2)C[C@@H]1c1ccco1. The van der Waals surface area contributed by atoms with E-state index in [9.17, 15) is 9.59 Å². The van der Waals surface area contributed by atoms with Crippen LogP contribution in [-0.2, 0) is 14.3 Å².